The fraction of sp³-hybridized carbons (Fsp3) is 0.300. The zero-order valence-corrected chi connectivity index (χ0v) is 14.6. The van der Waals surface area contributed by atoms with Crippen LogP contribution in [0.3, 0.4) is 0 Å². The standard InChI is InChI=1S/C20H23N3O/c1-14-5-7-15(8-6-14)19-23-22-18(24-19)13-21-17-11-9-16(10-12-17)20(2,3)4/h5-12,21H,13H2,1-4H3. The molecule has 4 nitrogen and oxygen atoms in total. The number of rotatable bonds is 4. The third-order valence-corrected chi connectivity index (χ3v) is 3.96. The van der Waals surface area contributed by atoms with E-state index >= 15 is 0 Å². The van der Waals surface area contributed by atoms with E-state index in [9.17, 15) is 0 Å². The Hall–Kier alpha value is -2.62. The molecule has 3 aromatic rings. The van der Waals surface area contributed by atoms with Crippen molar-refractivity contribution in [3.05, 3.63) is 65.5 Å². The maximum atomic E-state index is 5.72. The molecular formula is C20H23N3O. The molecule has 0 spiro atoms. The number of anilines is 1. The van der Waals surface area contributed by atoms with Crippen molar-refractivity contribution in [3.63, 3.8) is 0 Å². The molecule has 1 N–H and O–H groups in total. The van der Waals surface area contributed by atoms with Crippen molar-refractivity contribution in [2.24, 2.45) is 0 Å². The van der Waals surface area contributed by atoms with Crippen LogP contribution in [-0.2, 0) is 12.0 Å². The van der Waals surface area contributed by atoms with E-state index in [4.69, 9.17) is 4.42 Å². The van der Waals surface area contributed by atoms with E-state index in [-0.39, 0.29) is 5.41 Å². The van der Waals surface area contributed by atoms with Gasteiger partial charge in [-0.1, -0.05) is 50.6 Å². The van der Waals surface area contributed by atoms with Gasteiger partial charge in [0.15, 0.2) is 0 Å². The lowest BCUT2D eigenvalue weighted by atomic mass is 9.87. The van der Waals surface area contributed by atoms with Crippen LogP contribution in [0.25, 0.3) is 11.5 Å². The first-order valence-electron chi connectivity index (χ1n) is 8.16. The predicted octanol–water partition coefficient (Wildman–Crippen LogP) is 4.95. The second-order valence-corrected chi connectivity index (χ2v) is 7.05. The summed E-state index contributed by atoms with van der Waals surface area (Å²) in [5.74, 6) is 1.13. The minimum atomic E-state index is 0.161. The molecule has 0 radical (unpaired) electrons. The Morgan fingerprint density at radius 3 is 2.21 bits per heavy atom. The molecule has 2 aromatic carbocycles. The fourth-order valence-electron chi connectivity index (χ4n) is 2.40. The topological polar surface area (TPSA) is 51.0 Å². The van der Waals surface area contributed by atoms with Gasteiger partial charge in [0.2, 0.25) is 11.8 Å². The van der Waals surface area contributed by atoms with Crippen LogP contribution in [0.4, 0.5) is 5.69 Å². The molecule has 124 valence electrons. The van der Waals surface area contributed by atoms with Crippen LogP contribution in [-0.4, -0.2) is 10.2 Å². The quantitative estimate of drug-likeness (QED) is 0.738. The highest BCUT2D eigenvalue weighted by Gasteiger charge is 2.13. The lowest BCUT2D eigenvalue weighted by molar-refractivity contribution is 0.515. The number of hydrogen-bond acceptors (Lipinski definition) is 4. The minimum absolute atomic E-state index is 0.161. The van der Waals surface area contributed by atoms with Gasteiger partial charge in [0.25, 0.3) is 0 Å². The van der Waals surface area contributed by atoms with E-state index < -0.39 is 0 Å². The van der Waals surface area contributed by atoms with Crippen LogP contribution >= 0.6 is 0 Å². The molecule has 0 aliphatic carbocycles. The zero-order valence-electron chi connectivity index (χ0n) is 14.6. The van der Waals surface area contributed by atoms with E-state index in [1.165, 1.54) is 11.1 Å². The first-order valence-corrected chi connectivity index (χ1v) is 8.16. The van der Waals surface area contributed by atoms with Crippen molar-refractivity contribution in [2.75, 3.05) is 5.32 Å². The Balaban J connectivity index is 1.64. The molecule has 0 atom stereocenters. The van der Waals surface area contributed by atoms with Gasteiger partial charge in [-0.3, -0.25) is 0 Å². The number of aryl methyl sites for hydroxylation is 1. The molecular weight excluding hydrogens is 298 g/mol. The third kappa shape index (κ3) is 3.82. The minimum Gasteiger partial charge on any atom is -0.419 e. The Labute approximate surface area is 142 Å². The highest BCUT2D eigenvalue weighted by Crippen LogP contribution is 2.24. The highest BCUT2D eigenvalue weighted by atomic mass is 16.4. The summed E-state index contributed by atoms with van der Waals surface area (Å²) in [6.07, 6.45) is 0. The maximum absolute atomic E-state index is 5.72. The normalized spacial score (nSPS) is 11.5. The summed E-state index contributed by atoms with van der Waals surface area (Å²) in [4.78, 5) is 0. The monoisotopic (exact) mass is 321 g/mol. The number of benzene rings is 2. The second-order valence-electron chi connectivity index (χ2n) is 7.05. The average molecular weight is 321 g/mol. The maximum Gasteiger partial charge on any atom is 0.247 e. The molecule has 0 aliphatic heterocycles. The summed E-state index contributed by atoms with van der Waals surface area (Å²) < 4.78 is 5.72. The van der Waals surface area contributed by atoms with E-state index in [1.807, 2.05) is 24.3 Å². The highest BCUT2D eigenvalue weighted by molar-refractivity contribution is 5.53. The molecule has 0 saturated heterocycles. The number of nitrogens with zero attached hydrogens (tertiary/aromatic N) is 2. The summed E-state index contributed by atoms with van der Waals surface area (Å²) >= 11 is 0. The molecule has 0 amide bonds. The van der Waals surface area contributed by atoms with E-state index in [0.717, 1.165) is 11.3 Å². The molecule has 4 heteroatoms. The molecule has 0 fully saturated rings. The lowest BCUT2D eigenvalue weighted by Gasteiger charge is -2.19. The Morgan fingerprint density at radius 2 is 1.58 bits per heavy atom. The molecule has 0 saturated carbocycles. The van der Waals surface area contributed by atoms with Crippen molar-refractivity contribution in [3.8, 4) is 11.5 Å². The number of nitrogens with one attached hydrogen (secondary N) is 1. The number of hydrogen-bond donors (Lipinski definition) is 1. The van der Waals surface area contributed by atoms with Crippen molar-refractivity contribution in [1.29, 1.82) is 0 Å². The van der Waals surface area contributed by atoms with Crippen LogP contribution in [0.1, 0.15) is 37.8 Å². The smallest absolute Gasteiger partial charge is 0.247 e. The van der Waals surface area contributed by atoms with Gasteiger partial charge in [0, 0.05) is 11.3 Å². The zero-order chi connectivity index (χ0) is 17.2. The SMILES string of the molecule is Cc1ccc(-c2nnc(CNc3ccc(C(C)(C)C)cc3)o2)cc1. The van der Waals surface area contributed by atoms with Gasteiger partial charge in [-0.25, -0.2) is 0 Å². The van der Waals surface area contributed by atoms with Crippen LogP contribution < -0.4 is 5.32 Å². The van der Waals surface area contributed by atoms with Crippen molar-refractivity contribution in [1.82, 2.24) is 10.2 Å². The summed E-state index contributed by atoms with van der Waals surface area (Å²) in [5, 5.41) is 11.5. The average Bonchev–Trinajstić information content (AvgIpc) is 3.02. The first kappa shape index (κ1) is 16.2. The van der Waals surface area contributed by atoms with Crippen LogP contribution in [0, 0.1) is 6.92 Å². The van der Waals surface area contributed by atoms with Gasteiger partial charge in [-0.05, 0) is 42.2 Å². The Morgan fingerprint density at radius 1 is 0.917 bits per heavy atom. The predicted molar refractivity (Wildman–Crippen MR) is 96.9 cm³/mol. The second kappa shape index (κ2) is 6.48. The Kier molecular flexibility index (Phi) is 4.38. The van der Waals surface area contributed by atoms with Gasteiger partial charge in [-0.15, -0.1) is 10.2 Å². The largest absolute Gasteiger partial charge is 0.419 e. The molecule has 0 unspecified atom stereocenters. The van der Waals surface area contributed by atoms with Crippen molar-refractivity contribution < 1.29 is 4.42 Å². The van der Waals surface area contributed by atoms with Gasteiger partial charge in [-0.2, -0.15) is 0 Å². The van der Waals surface area contributed by atoms with Gasteiger partial charge >= 0.3 is 0 Å². The van der Waals surface area contributed by atoms with Crippen LogP contribution in [0.2, 0.25) is 0 Å². The summed E-state index contributed by atoms with van der Waals surface area (Å²) in [7, 11) is 0. The van der Waals surface area contributed by atoms with E-state index in [0.29, 0.717) is 18.3 Å². The van der Waals surface area contributed by atoms with Crippen molar-refractivity contribution >= 4 is 5.69 Å². The molecule has 3 rings (SSSR count). The molecule has 1 aromatic heterocycles. The third-order valence-electron chi connectivity index (χ3n) is 3.96. The summed E-state index contributed by atoms with van der Waals surface area (Å²) in [5.41, 5.74) is 4.66. The van der Waals surface area contributed by atoms with Gasteiger partial charge < -0.3 is 9.73 Å². The number of aromatic nitrogens is 2. The molecule has 0 bridgehead atoms. The van der Waals surface area contributed by atoms with Crippen LogP contribution in [0.15, 0.2) is 52.9 Å². The van der Waals surface area contributed by atoms with Gasteiger partial charge in [0.1, 0.15) is 0 Å². The first-order chi connectivity index (χ1) is 11.4. The molecule has 24 heavy (non-hydrogen) atoms. The molecule has 0 aliphatic rings. The van der Waals surface area contributed by atoms with Crippen molar-refractivity contribution in [2.45, 2.75) is 39.7 Å². The summed E-state index contributed by atoms with van der Waals surface area (Å²) in [6.45, 7) is 9.19. The summed E-state index contributed by atoms with van der Waals surface area (Å²) in [6, 6.07) is 16.5. The lowest BCUT2D eigenvalue weighted by Crippen LogP contribution is -2.10. The molecule has 1 heterocycles. The van der Waals surface area contributed by atoms with Gasteiger partial charge in [0.05, 0.1) is 6.54 Å². The van der Waals surface area contributed by atoms with Crippen LogP contribution in [0.5, 0.6) is 0 Å². The fourth-order valence-corrected chi connectivity index (χ4v) is 2.40. The van der Waals surface area contributed by atoms with E-state index in [2.05, 4.69) is 67.5 Å². The van der Waals surface area contributed by atoms with E-state index in [1.54, 1.807) is 0 Å². The Bertz CT molecular complexity index is 796.